The van der Waals surface area contributed by atoms with Gasteiger partial charge in [-0.3, -0.25) is 9.69 Å². The molecule has 1 saturated heterocycles. The van der Waals surface area contributed by atoms with E-state index in [2.05, 4.69) is 18.2 Å². The molecule has 0 N–H and O–H groups in total. The third kappa shape index (κ3) is 4.21. The average Bonchev–Trinajstić information content (AvgIpc) is 3.01. The Hall–Kier alpha value is -2.63. The fourth-order valence-corrected chi connectivity index (χ4v) is 4.62. The van der Waals surface area contributed by atoms with Crippen LogP contribution in [0.15, 0.2) is 71.6 Å². The Bertz CT molecular complexity index is 1090. The summed E-state index contributed by atoms with van der Waals surface area (Å²) in [7, 11) is 0. The number of benzene rings is 3. The number of hydrogen-bond donors (Lipinski definition) is 0. The molecule has 3 aromatic carbocycles. The van der Waals surface area contributed by atoms with Gasteiger partial charge < -0.3 is 4.74 Å². The van der Waals surface area contributed by atoms with Crippen LogP contribution in [0.5, 0.6) is 5.75 Å². The zero-order valence-corrected chi connectivity index (χ0v) is 17.8. The van der Waals surface area contributed by atoms with E-state index in [9.17, 15) is 4.79 Å². The molecular formula is C24H21NO2S2. The largest absolute Gasteiger partial charge is 0.488 e. The van der Waals surface area contributed by atoms with Crippen LogP contribution in [-0.2, 0) is 11.4 Å². The minimum atomic E-state index is -0.0243. The molecule has 1 heterocycles. The van der Waals surface area contributed by atoms with Crippen LogP contribution in [0.25, 0.3) is 16.8 Å². The molecule has 0 unspecified atom stereocenters. The van der Waals surface area contributed by atoms with E-state index < -0.39 is 0 Å². The number of hydrogen-bond acceptors (Lipinski definition) is 4. The molecule has 0 aliphatic carbocycles. The van der Waals surface area contributed by atoms with Crippen molar-refractivity contribution in [2.75, 3.05) is 6.54 Å². The molecule has 146 valence electrons. The van der Waals surface area contributed by atoms with Gasteiger partial charge in [-0.1, -0.05) is 91.6 Å². The number of rotatable bonds is 6. The molecule has 29 heavy (non-hydrogen) atoms. The van der Waals surface area contributed by atoms with Gasteiger partial charge in [0.25, 0.3) is 5.91 Å². The van der Waals surface area contributed by atoms with Crippen LogP contribution in [0, 0.1) is 0 Å². The van der Waals surface area contributed by atoms with E-state index >= 15 is 0 Å². The molecule has 1 amide bonds. The van der Waals surface area contributed by atoms with Crippen LogP contribution in [0.1, 0.15) is 24.5 Å². The third-order valence-electron chi connectivity index (χ3n) is 4.76. The smallest absolute Gasteiger partial charge is 0.266 e. The standard InChI is InChI=1S/C24H21NO2S2/c1-2-14-25-23(26)22(29-24(25)28)15-20-19-11-7-6-10-18(19)12-13-21(20)27-16-17-8-4-3-5-9-17/h3-13,15H,2,14,16H2,1H3/b22-15-. The Morgan fingerprint density at radius 3 is 2.59 bits per heavy atom. The van der Waals surface area contributed by atoms with Crippen molar-refractivity contribution in [1.29, 1.82) is 0 Å². The van der Waals surface area contributed by atoms with Gasteiger partial charge in [-0.2, -0.15) is 0 Å². The summed E-state index contributed by atoms with van der Waals surface area (Å²) in [6.07, 6.45) is 2.80. The summed E-state index contributed by atoms with van der Waals surface area (Å²) in [5.74, 6) is 0.733. The van der Waals surface area contributed by atoms with Gasteiger partial charge in [0.2, 0.25) is 0 Å². The monoisotopic (exact) mass is 419 g/mol. The molecule has 0 saturated carbocycles. The van der Waals surface area contributed by atoms with Crippen molar-refractivity contribution < 1.29 is 9.53 Å². The Kier molecular flexibility index (Phi) is 5.97. The summed E-state index contributed by atoms with van der Waals surface area (Å²) in [6, 6.07) is 22.2. The quantitative estimate of drug-likeness (QED) is 0.360. The highest BCUT2D eigenvalue weighted by atomic mass is 32.2. The van der Waals surface area contributed by atoms with E-state index in [-0.39, 0.29) is 5.91 Å². The summed E-state index contributed by atoms with van der Waals surface area (Å²) < 4.78 is 6.79. The van der Waals surface area contributed by atoms with Gasteiger partial charge in [-0.15, -0.1) is 0 Å². The lowest BCUT2D eigenvalue weighted by Gasteiger charge is -2.13. The second kappa shape index (κ2) is 8.80. The predicted octanol–water partition coefficient (Wildman–Crippen LogP) is 6.03. The second-order valence-corrected chi connectivity index (χ2v) is 8.48. The topological polar surface area (TPSA) is 29.5 Å². The number of amides is 1. The fourth-order valence-electron chi connectivity index (χ4n) is 3.33. The maximum absolute atomic E-state index is 12.8. The lowest BCUT2D eigenvalue weighted by Crippen LogP contribution is -2.28. The zero-order chi connectivity index (χ0) is 20.2. The highest BCUT2D eigenvalue weighted by molar-refractivity contribution is 8.26. The highest BCUT2D eigenvalue weighted by Crippen LogP contribution is 2.37. The molecule has 0 radical (unpaired) electrons. The van der Waals surface area contributed by atoms with Crippen LogP contribution in [0.4, 0.5) is 0 Å². The maximum Gasteiger partial charge on any atom is 0.266 e. The van der Waals surface area contributed by atoms with Gasteiger partial charge in [0.05, 0.1) is 4.91 Å². The lowest BCUT2D eigenvalue weighted by atomic mass is 10.0. The van der Waals surface area contributed by atoms with Crippen molar-refractivity contribution >= 4 is 51.1 Å². The number of nitrogens with zero attached hydrogens (tertiary/aromatic N) is 1. The van der Waals surface area contributed by atoms with E-state index in [0.717, 1.165) is 34.1 Å². The molecule has 0 aromatic heterocycles. The number of carbonyl (C=O) groups is 1. The molecule has 4 rings (SSSR count). The molecular weight excluding hydrogens is 398 g/mol. The summed E-state index contributed by atoms with van der Waals surface area (Å²) in [6.45, 7) is 3.16. The van der Waals surface area contributed by atoms with Crippen molar-refractivity contribution in [3.05, 3.63) is 82.8 Å². The van der Waals surface area contributed by atoms with Crippen molar-refractivity contribution in [2.45, 2.75) is 20.0 Å². The Labute approximate surface area is 180 Å². The molecule has 3 nitrogen and oxygen atoms in total. The minimum absolute atomic E-state index is 0.0243. The maximum atomic E-state index is 12.8. The summed E-state index contributed by atoms with van der Waals surface area (Å²) in [5, 5.41) is 2.16. The first-order chi connectivity index (χ1) is 14.2. The molecule has 5 heteroatoms. The fraction of sp³-hybridized carbons (Fsp3) is 0.167. The van der Waals surface area contributed by atoms with Gasteiger partial charge in [0.1, 0.15) is 16.7 Å². The van der Waals surface area contributed by atoms with Gasteiger partial charge in [-0.05, 0) is 34.9 Å². The SMILES string of the molecule is CCCN1C(=O)/C(=C/c2c(OCc3ccccc3)ccc3ccccc23)SC1=S. The first-order valence-corrected chi connectivity index (χ1v) is 10.8. The minimum Gasteiger partial charge on any atom is -0.488 e. The first-order valence-electron chi connectivity index (χ1n) is 9.61. The summed E-state index contributed by atoms with van der Waals surface area (Å²) in [4.78, 5) is 15.2. The number of thioether (sulfide) groups is 1. The van der Waals surface area contributed by atoms with Crippen molar-refractivity contribution in [1.82, 2.24) is 4.90 Å². The summed E-state index contributed by atoms with van der Waals surface area (Å²) in [5.41, 5.74) is 2.01. The Balaban J connectivity index is 1.73. The van der Waals surface area contributed by atoms with Crippen LogP contribution in [0.3, 0.4) is 0 Å². The second-order valence-electron chi connectivity index (χ2n) is 6.81. The molecule has 3 aromatic rings. The van der Waals surface area contributed by atoms with E-state index in [1.807, 2.05) is 61.5 Å². The van der Waals surface area contributed by atoms with Gasteiger partial charge in [0.15, 0.2) is 0 Å². The van der Waals surface area contributed by atoms with Gasteiger partial charge in [-0.25, -0.2) is 0 Å². The molecule has 1 fully saturated rings. The highest BCUT2D eigenvalue weighted by Gasteiger charge is 2.31. The summed E-state index contributed by atoms with van der Waals surface area (Å²) >= 11 is 6.78. The molecule has 0 atom stereocenters. The van der Waals surface area contributed by atoms with Crippen LogP contribution < -0.4 is 4.74 Å². The average molecular weight is 420 g/mol. The van der Waals surface area contributed by atoms with E-state index in [0.29, 0.717) is 22.4 Å². The predicted molar refractivity (Wildman–Crippen MR) is 125 cm³/mol. The van der Waals surface area contributed by atoms with Crippen molar-refractivity contribution in [3.63, 3.8) is 0 Å². The third-order valence-corrected chi connectivity index (χ3v) is 6.14. The lowest BCUT2D eigenvalue weighted by molar-refractivity contribution is -0.122. The number of fused-ring (bicyclic) bond motifs is 1. The van der Waals surface area contributed by atoms with Crippen LogP contribution in [0.2, 0.25) is 0 Å². The van der Waals surface area contributed by atoms with Gasteiger partial charge in [0, 0.05) is 12.1 Å². The normalized spacial score (nSPS) is 15.5. The number of carbonyl (C=O) groups excluding carboxylic acids is 1. The molecule has 1 aliphatic heterocycles. The number of thiocarbonyl (C=S) groups is 1. The molecule has 1 aliphatic rings. The zero-order valence-electron chi connectivity index (χ0n) is 16.1. The molecule has 0 spiro atoms. The Morgan fingerprint density at radius 2 is 1.79 bits per heavy atom. The van der Waals surface area contributed by atoms with Crippen LogP contribution in [-0.4, -0.2) is 21.7 Å². The van der Waals surface area contributed by atoms with E-state index in [1.54, 1.807) is 4.90 Å². The van der Waals surface area contributed by atoms with E-state index in [4.69, 9.17) is 17.0 Å². The number of ether oxygens (including phenoxy) is 1. The van der Waals surface area contributed by atoms with Gasteiger partial charge >= 0.3 is 0 Å². The Morgan fingerprint density at radius 1 is 1.03 bits per heavy atom. The first kappa shape index (κ1) is 19.7. The van der Waals surface area contributed by atoms with E-state index in [1.165, 1.54) is 11.8 Å². The van der Waals surface area contributed by atoms with Crippen LogP contribution >= 0.6 is 24.0 Å². The molecule has 0 bridgehead atoms. The van der Waals surface area contributed by atoms with Crippen molar-refractivity contribution in [2.24, 2.45) is 0 Å². The van der Waals surface area contributed by atoms with Crippen molar-refractivity contribution in [3.8, 4) is 5.75 Å².